The van der Waals surface area contributed by atoms with Crippen LogP contribution in [0, 0.1) is 0 Å². The van der Waals surface area contributed by atoms with Gasteiger partial charge >= 0.3 is 15.6 Å². The molecule has 0 bridgehead atoms. The van der Waals surface area contributed by atoms with Crippen molar-refractivity contribution in [3.63, 3.8) is 0 Å². The Morgan fingerprint density at radius 1 is 1.21 bits per heavy atom. The quantitative estimate of drug-likeness (QED) is 0.0830. The van der Waals surface area contributed by atoms with Crippen molar-refractivity contribution in [2.24, 2.45) is 5.73 Å². The molecule has 2 radical (unpaired) electrons. The molecular formula is C15H25BN7O12P3S. The van der Waals surface area contributed by atoms with E-state index in [1.54, 1.807) is 6.26 Å². The van der Waals surface area contributed by atoms with Crippen LogP contribution in [0.15, 0.2) is 11.5 Å². The van der Waals surface area contributed by atoms with E-state index in [4.69, 9.17) is 42.5 Å². The van der Waals surface area contributed by atoms with Gasteiger partial charge in [0.2, 0.25) is 7.57 Å². The summed E-state index contributed by atoms with van der Waals surface area (Å²) in [6.45, 7) is -2.01. The number of nitrogens with zero attached hydrogens (tertiary/aromatic N) is 4. The number of imidazole rings is 1. The van der Waals surface area contributed by atoms with Crippen LogP contribution < -0.4 is 16.6 Å². The number of anilines is 1. The van der Waals surface area contributed by atoms with E-state index in [0.29, 0.717) is 16.3 Å². The molecule has 0 saturated carbocycles. The van der Waals surface area contributed by atoms with Crippen molar-refractivity contribution >= 4 is 59.4 Å². The van der Waals surface area contributed by atoms with E-state index in [-0.39, 0.29) is 18.9 Å². The maximum Gasteiger partial charge on any atom is 0.487 e. The molecular weight excluding hydrogens is 606 g/mol. The van der Waals surface area contributed by atoms with Crippen molar-refractivity contribution in [3.05, 3.63) is 6.33 Å². The molecule has 0 aliphatic carbocycles. The number of nitrogens with two attached hydrogens (primary N) is 2. The number of hydrogen-bond donors (Lipinski definition) is 5. The molecule has 2 saturated heterocycles. The molecule has 0 amide bonds. The topological polar surface area (TPSA) is 264 Å². The normalized spacial score (nSPS) is 29.6. The van der Waals surface area contributed by atoms with Gasteiger partial charge in [-0.1, -0.05) is 11.8 Å². The first-order valence-corrected chi connectivity index (χ1v) is 16.8. The number of phosphoric acid groups is 1. The molecule has 2 aromatic rings. The van der Waals surface area contributed by atoms with E-state index in [9.17, 15) is 23.5 Å². The number of aromatic nitrogens is 4. The Balaban J connectivity index is 1.49. The number of ether oxygens (including phenoxy) is 4. The predicted octanol–water partition coefficient (Wildman–Crippen LogP) is -0.183. The Morgan fingerprint density at radius 2 is 1.92 bits per heavy atom. The second-order valence-corrected chi connectivity index (χ2v) is 13.6. The monoisotopic (exact) mass is 631 g/mol. The minimum Gasteiger partial charge on any atom is -0.382 e. The molecule has 216 valence electrons. The molecule has 2 aromatic heterocycles. The van der Waals surface area contributed by atoms with Crippen molar-refractivity contribution < 1.29 is 55.6 Å². The van der Waals surface area contributed by atoms with Gasteiger partial charge in [-0.05, 0) is 6.26 Å². The average Bonchev–Trinajstić information content (AvgIpc) is 3.53. The number of rotatable bonds is 13. The van der Waals surface area contributed by atoms with E-state index in [2.05, 4.69) is 23.6 Å². The summed E-state index contributed by atoms with van der Waals surface area (Å²) in [5, 5.41) is 2.28. The highest BCUT2D eigenvalue weighted by molar-refractivity contribution is 7.98. The predicted molar refractivity (Wildman–Crippen MR) is 134 cm³/mol. The summed E-state index contributed by atoms with van der Waals surface area (Å²) in [5.41, 5.74) is 11.8. The van der Waals surface area contributed by atoms with Crippen LogP contribution in [0.3, 0.4) is 0 Å². The highest BCUT2D eigenvalue weighted by Gasteiger charge is 2.54. The van der Waals surface area contributed by atoms with Crippen LogP contribution in [0.4, 0.5) is 5.82 Å². The lowest BCUT2D eigenvalue weighted by molar-refractivity contribution is -0.256. The van der Waals surface area contributed by atoms with Crippen LogP contribution in [0.1, 0.15) is 6.23 Å². The van der Waals surface area contributed by atoms with Crippen LogP contribution >= 0.6 is 34.8 Å². The van der Waals surface area contributed by atoms with Gasteiger partial charge in [0.1, 0.15) is 23.8 Å². The third kappa shape index (κ3) is 7.27. The molecule has 0 spiro atoms. The SMILES string of the molecule is [B]P(=O)(OCC1OC(n2cnc3c(N)nc(SC)nc32)C2OC(OC)OC12)OP(=O)(O)OP(=O)(O)NCCN. The first kappa shape index (κ1) is 31.0. The zero-order chi connectivity index (χ0) is 28.6. The molecule has 19 nitrogen and oxygen atoms in total. The third-order valence-corrected chi connectivity index (χ3v) is 10.3. The van der Waals surface area contributed by atoms with E-state index in [1.807, 2.05) is 5.09 Å². The van der Waals surface area contributed by atoms with Gasteiger partial charge in [-0.15, -0.1) is 0 Å². The first-order chi connectivity index (χ1) is 18.3. The smallest absolute Gasteiger partial charge is 0.382 e. The van der Waals surface area contributed by atoms with Crippen LogP contribution in [0.25, 0.3) is 11.2 Å². The Hall–Kier alpha value is -0.985. The summed E-state index contributed by atoms with van der Waals surface area (Å²) in [5.74, 6) is 0.151. The highest BCUT2D eigenvalue weighted by Crippen LogP contribution is 2.66. The molecule has 4 rings (SSSR count). The summed E-state index contributed by atoms with van der Waals surface area (Å²) in [6.07, 6.45) is -0.450. The van der Waals surface area contributed by atoms with Crippen LogP contribution in [0.2, 0.25) is 0 Å². The fourth-order valence-electron chi connectivity index (χ4n) is 3.70. The number of nitrogen functional groups attached to an aromatic ring is 1. The van der Waals surface area contributed by atoms with Crippen LogP contribution in [-0.2, 0) is 45.8 Å². The molecule has 2 aliphatic rings. The average molecular weight is 631 g/mol. The minimum atomic E-state index is -5.45. The van der Waals surface area contributed by atoms with Gasteiger partial charge in [-0.25, -0.2) is 33.5 Å². The maximum atomic E-state index is 12.6. The van der Waals surface area contributed by atoms with Gasteiger partial charge < -0.3 is 44.7 Å². The summed E-state index contributed by atoms with van der Waals surface area (Å²) < 4.78 is 74.2. The largest absolute Gasteiger partial charge is 0.487 e. The van der Waals surface area contributed by atoms with Gasteiger partial charge in [0.25, 0.3) is 14.0 Å². The van der Waals surface area contributed by atoms with Crippen molar-refractivity contribution in [1.82, 2.24) is 24.6 Å². The molecule has 0 aromatic carbocycles. The number of methoxy groups -OCH3 is 1. The van der Waals surface area contributed by atoms with Gasteiger partial charge in [0.15, 0.2) is 22.8 Å². The number of fused-ring (bicyclic) bond motifs is 2. The molecule has 7 N–H and O–H groups in total. The van der Waals surface area contributed by atoms with E-state index >= 15 is 0 Å². The van der Waals surface area contributed by atoms with Gasteiger partial charge in [-0.3, -0.25) is 9.13 Å². The third-order valence-electron chi connectivity index (χ3n) is 5.20. The fourth-order valence-corrected chi connectivity index (χ4v) is 7.91. The van der Waals surface area contributed by atoms with E-state index < -0.39 is 60.7 Å². The first-order valence-electron chi connectivity index (χ1n) is 10.9. The molecule has 24 heteroatoms. The van der Waals surface area contributed by atoms with E-state index in [0.717, 1.165) is 0 Å². The number of hydrogen-bond acceptors (Lipinski definition) is 16. The lowest BCUT2D eigenvalue weighted by Crippen LogP contribution is -2.31. The number of nitrogens with one attached hydrogen (secondary N) is 1. The fraction of sp³-hybridized carbons (Fsp3) is 0.667. The second kappa shape index (κ2) is 12.1. The zero-order valence-corrected chi connectivity index (χ0v) is 23.8. The lowest BCUT2D eigenvalue weighted by atomic mass is 10.1. The Labute approximate surface area is 226 Å². The Kier molecular flexibility index (Phi) is 9.60. The van der Waals surface area contributed by atoms with Crippen LogP contribution in [-0.4, -0.2) is 94.7 Å². The van der Waals surface area contributed by atoms with Gasteiger partial charge in [-0.2, -0.15) is 4.31 Å². The molecule has 2 fully saturated rings. The lowest BCUT2D eigenvalue weighted by Gasteiger charge is -2.23. The van der Waals surface area contributed by atoms with E-state index in [1.165, 1.54) is 29.8 Å². The Morgan fingerprint density at radius 3 is 2.59 bits per heavy atom. The Bertz CT molecular complexity index is 1340. The molecule has 8 unspecified atom stereocenters. The highest BCUT2D eigenvalue weighted by atomic mass is 32.2. The molecule has 2 aliphatic heterocycles. The second-order valence-electron chi connectivity index (χ2n) is 7.90. The van der Waals surface area contributed by atoms with Crippen LogP contribution in [0.5, 0.6) is 0 Å². The summed E-state index contributed by atoms with van der Waals surface area (Å²) in [7, 11) is -8.39. The van der Waals surface area contributed by atoms with Gasteiger partial charge in [0, 0.05) is 20.2 Å². The maximum absolute atomic E-state index is 12.6. The number of thioether (sulfide) groups is 1. The van der Waals surface area contributed by atoms with Crippen molar-refractivity contribution in [3.8, 4) is 0 Å². The molecule has 8 atom stereocenters. The zero-order valence-electron chi connectivity index (χ0n) is 20.3. The standard InChI is InChI=1S/C15H25BN7O12P3S/c1-29-15-32-9-7(5-30-36(16,24)34-38(27,28)35-37(25,26)20-4-3-17)31-13(10(9)33-15)23-6-19-8-11(18)21-14(39-2)22-12(8)23/h6-7,9-10,13,15H,3-5,17H2,1-2H3,(H,27,28)(H2,18,21,22)(H2,20,25,26). The van der Waals surface area contributed by atoms with Crippen molar-refractivity contribution in [1.29, 1.82) is 0 Å². The summed E-state index contributed by atoms with van der Waals surface area (Å²) in [6, 6.07) is 0. The van der Waals surface area contributed by atoms with Crippen molar-refractivity contribution in [2.75, 3.05) is 38.8 Å². The molecule has 39 heavy (non-hydrogen) atoms. The molecule has 4 heterocycles. The summed E-state index contributed by atoms with van der Waals surface area (Å²) in [4.78, 5) is 32.2. The van der Waals surface area contributed by atoms with Crippen molar-refractivity contribution in [2.45, 2.75) is 36.2 Å². The summed E-state index contributed by atoms with van der Waals surface area (Å²) >= 11 is 1.26. The van der Waals surface area contributed by atoms with Gasteiger partial charge in [0.05, 0.1) is 12.9 Å². The minimum absolute atomic E-state index is 0.0861.